The number of hydrogen-bond donors (Lipinski definition) is 1. The average Bonchev–Trinajstić information content (AvgIpc) is 2.88. The maximum Gasteiger partial charge on any atom is 0.0538 e. The number of nitrogens with zero attached hydrogens (tertiary/aromatic N) is 1. The number of fused-ring (bicyclic) bond motifs is 2. The minimum Gasteiger partial charge on any atom is -0.383 e. The molecule has 2 bridgehead atoms. The largest absolute Gasteiger partial charge is 0.383 e. The Labute approximate surface area is 105 Å². The molecule has 2 saturated carbocycles. The minimum absolute atomic E-state index is 0.901. The molecule has 0 amide bonds. The Morgan fingerprint density at radius 1 is 1.31 bits per heavy atom. The molecule has 2 aliphatic carbocycles. The van der Waals surface area contributed by atoms with Gasteiger partial charge < -0.3 is 5.32 Å². The van der Waals surface area contributed by atoms with E-state index in [4.69, 9.17) is 0 Å². The third kappa shape index (κ3) is 2.10. The molecule has 3 heteroatoms. The van der Waals surface area contributed by atoms with Gasteiger partial charge in [0.2, 0.25) is 0 Å². The fourth-order valence-electron chi connectivity index (χ4n) is 3.38. The van der Waals surface area contributed by atoms with Crippen LogP contribution in [0.5, 0.6) is 0 Å². The lowest BCUT2D eigenvalue weighted by molar-refractivity contribution is 0.348. The second-order valence-corrected chi connectivity index (χ2v) is 6.12. The van der Waals surface area contributed by atoms with Crippen molar-refractivity contribution in [1.29, 1.82) is 0 Å². The van der Waals surface area contributed by atoms with Crippen LogP contribution in [0.4, 0.5) is 5.69 Å². The molecule has 1 aromatic heterocycles. The fraction of sp³-hybridized carbons (Fsp3) is 0.615. The summed E-state index contributed by atoms with van der Waals surface area (Å²) in [5, 5.41) is 3.52. The summed E-state index contributed by atoms with van der Waals surface area (Å²) in [6.45, 7) is 1.12. The van der Waals surface area contributed by atoms with Gasteiger partial charge in [0.1, 0.15) is 0 Å². The summed E-state index contributed by atoms with van der Waals surface area (Å²) in [6, 6.07) is 2.10. The van der Waals surface area contributed by atoms with Crippen LogP contribution >= 0.6 is 15.9 Å². The van der Waals surface area contributed by atoms with Crippen LogP contribution in [-0.2, 0) is 0 Å². The molecule has 0 aromatic carbocycles. The fourth-order valence-corrected chi connectivity index (χ4v) is 3.75. The van der Waals surface area contributed by atoms with Crippen molar-refractivity contribution in [3.63, 3.8) is 0 Å². The van der Waals surface area contributed by atoms with Gasteiger partial charge in [-0.2, -0.15) is 0 Å². The number of halogens is 1. The van der Waals surface area contributed by atoms with E-state index < -0.39 is 0 Å². The van der Waals surface area contributed by atoms with Crippen LogP contribution in [0.25, 0.3) is 0 Å². The molecule has 2 fully saturated rings. The Morgan fingerprint density at radius 3 is 2.94 bits per heavy atom. The van der Waals surface area contributed by atoms with E-state index in [0.29, 0.717) is 0 Å². The van der Waals surface area contributed by atoms with Gasteiger partial charge in [-0.15, -0.1) is 0 Å². The summed E-state index contributed by atoms with van der Waals surface area (Å²) in [7, 11) is 0. The van der Waals surface area contributed by atoms with Gasteiger partial charge in [-0.25, -0.2) is 0 Å². The van der Waals surface area contributed by atoms with E-state index in [1.165, 1.54) is 25.7 Å². The zero-order valence-corrected chi connectivity index (χ0v) is 10.9. The van der Waals surface area contributed by atoms with E-state index in [-0.39, 0.29) is 0 Å². The summed E-state index contributed by atoms with van der Waals surface area (Å²) < 4.78 is 1.05. The molecule has 1 N–H and O–H groups in total. The monoisotopic (exact) mass is 280 g/mol. The lowest BCUT2D eigenvalue weighted by Crippen LogP contribution is -2.20. The normalized spacial score (nSPS) is 31.9. The Hall–Kier alpha value is -0.570. The van der Waals surface area contributed by atoms with Crippen molar-refractivity contribution in [2.24, 2.45) is 17.8 Å². The average molecular weight is 281 g/mol. The van der Waals surface area contributed by atoms with Crippen LogP contribution in [0.1, 0.15) is 25.7 Å². The molecule has 0 aliphatic heterocycles. The van der Waals surface area contributed by atoms with E-state index in [1.807, 2.05) is 12.4 Å². The predicted octanol–water partition coefficient (Wildman–Crippen LogP) is 3.69. The first-order chi connectivity index (χ1) is 7.81. The molecule has 0 radical (unpaired) electrons. The first kappa shape index (κ1) is 10.6. The Bertz CT molecular complexity index is 380. The highest BCUT2D eigenvalue weighted by Crippen LogP contribution is 2.48. The maximum absolute atomic E-state index is 4.17. The van der Waals surface area contributed by atoms with Gasteiger partial charge in [0.15, 0.2) is 0 Å². The van der Waals surface area contributed by atoms with E-state index in [0.717, 1.165) is 34.5 Å². The second kappa shape index (κ2) is 4.36. The molecule has 1 aromatic rings. The van der Waals surface area contributed by atoms with Crippen molar-refractivity contribution in [2.75, 3.05) is 11.9 Å². The molecule has 16 heavy (non-hydrogen) atoms. The van der Waals surface area contributed by atoms with Crippen LogP contribution in [0, 0.1) is 17.8 Å². The second-order valence-electron chi connectivity index (χ2n) is 5.21. The minimum atomic E-state index is 0.901. The van der Waals surface area contributed by atoms with Crippen LogP contribution in [-0.4, -0.2) is 11.5 Å². The highest BCUT2D eigenvalue weighted by atomic mass is 79.9. The molecule has 1 heterocycles. The summed E-state index contributed by atoms with van der Waals surface area (Å²) >= 11 is 3.45. The molecular formula is C13H17BrN2. The zero-order valence-electron chi connectivity index (χ0n) is 9.32. The molecule has 2 aliphatic rings. The molecule has 86 valence electrons. The van der Waals surface area contributed by atoms with Crippen molar-refractivity contribution in [2.45, 2.75) is 25.7 Å². The van der Waals surface area contributed by atoms with E-state index in [1.54, 1.807) is 0 Å². The molecule has 3 atom stereocenters. The molecule has 0 spiro atoms. The van der Waals surface area contributed by atoms with Gasteiger partial charge in [-0.1, -0.05) is 6.42 Å². The summed E-state index contributed by atoms with van der Waals surface area (Å²) in [4.78, 5) is 4.17. The smallest absolute Gasteiger partial charge is 0.0538 e. The first-order valence-electron chi connectivity index (χ1n) is 6.15. The van der Waals surface area contributed by atoms with Crippen LogP contribution in [0.15, 0.2) is 22.9 Å². The van der Waals surface area contributed by atoms with Crippen molar-refractivity contribution < 1.29 is 0 Å². The zero-order chi connectivity index (χ0) is 11.0. The Balaban J connectivity index is 1.57. The molecular weight excluding hydrogens is 264 g/mol. The Kier molecular flexibility index (Phi) is 2.88. The number of aromatic nitrogens is 1. The van der Waals surface area contributed by atoms with Crippen LogP contribution in [0.2, 0.25) is 0 Å². The van der Waals surface area contributed by atoms with Gasteiger partial charge in [0.25, 0.3) is 0 Å². The Morgan fingerprint density at radius 2 is 2.25 bits per heavy atom. The summed E-state index contributed by atoms with van der Waals surface area (Å²) in [5.41, 5.74) is 1.14. The predicted molar refractivity (Wildman–Crippen MR) is 69.4 cm³/mol. The quantitative estimate of drug-likeness (QED) is 0.914. The third-order valence-corrected chi connectivity index (χ3v) is 4.59. The van der Waals surface area contributed by atoms with Crippen molar-refractivity contribution in [1.82, 2.24) is 4.98 Å². The number of hydrogen-bond acceptors (Lipinski definition) is 2. The van der Waals surface area contributed by atoms with Crippen molar-refractivity contribution in [3.05, 3.63) is 22.9 Å². The lowest BCUT2D eigenvalue weighted by Gasteiger charge is -2.22. The van der Waals surface area contributed by atoms with Crippen molar-refractivity contribution in [3.8, 4) is 0 Å². The van der Waals surface area contributed by atoms with E-state index >= 15 is 0 Å². The summed E-state index contributed by atoms with van der Waals surface area (Å²) in [5.74, 6) is 2.94. The molecule has 2 nitrogen and oxygen atoms in total. The SMILES string of the molecule is Brc1cncc(NCC2CC3CCC2C3)c1. The van der Waals surface area contributed by atoms with Crippen LogP contribution in [0.3, 0.4) is 0 Å². The number of anilines is 1. The standard InChI is InChI=1S/C13H17BrN2/c14-12-5-13(8-15-7-12)16-6-11-4-9-1-2-10(11)3-9/h5,7-11,16H,1-4,6H2. The van der Waals surface area contributed by atoms with Gasteiger partial charge in [0, 0.05) is 17.2 Å². The summed E-state index contributed by atoms with van der Waals surface area (Å²) in [6.07, 6.45) is 9.61. The number of pyridine rings is 1. The highest BCUT2D eigenvalue weighted by Gasteiger charge is 2.38. The maximum atomic E-state index is 4.17. The molecule has 3 rings (SSSR count). The molecule has 0 saturated heterocycles. The van der Waals surface area contributed by atoms with Gasteiger partial charge in [-0.05, 0) is 59.0 Å². The lowest BCUT2D eigenvalue weighted by atomic mass is 9.89. The van der Waals surface area contributed by atoms with E-state index in [9.17, 15) is 0 Å². The van der Waals surface area contributed by atoms with Crippen molar-refractivity contribution >= 4 is 21.6 Å². The van der Waals surface area contributed by atoms with Crippen LogP contribution < -0.4 is 5.32 Å². The topological polar surface area (TPSA) is 24.9 Å². The van der Waals surface area contributed by atoms with Gasteiger partial charge in [0.05, 0.1) is 11.9 Å². The number of rotatable bonds is 3. The number of nitrogens with one attached hydrogen (secondary N) is 1. The third-order valence-electron chi connectivity index (χ3n) is 4.16. The van der Waals surface area contributed by atoms with Gasteiger partial charge >= 0.3 is 0 Å². The molecule has 3 unspecified atom stereocenters. The first-order valence-corrected chi connectivity index (χ1v) is 6.95. The highest BCUT2D eigenvalue weighted by molar-refractivity contribution is 9.10. The van der Waals surface area contributed by atoms with Gasteiger partial charge in [-0.3, -0.25) is 4.98 Å². The van der Waals surface area contributed by atoms with E-state index in [2.05, 4.69) is 32.3 Å².